The maximum atomic E-state index is 12.7. The van der Waals surface area contributed by atoms with E-state index in [-0.39, 0.29) is 5.91 Å². The Morgan fingerprint density at radius 3 is 2.44 bits per heavy atom. The van der Waals surface area contributed by atoms with E-state index in [2.05, 4.69) is 20.8 Å². The van der Waals surface area contributed by atoms with Gasteiger partial charge < -0.3 is 4.90 Å². The van der Waals surface area contributed by atoms with Gasteiger partial charge in [0.15, 0.2) is 0 Å². The lowest BCUT2D eigenvalue weighted by atomic mass is 10.00. The highest BCUT2D eigenvalue weighted by atomic mass is 79.9. The van der Waals surface area contributed by atoms with Gasteiger partial charge in [0.05, 0.1) is 0 Å². The van der Waals surface area contributed by atoms with Gasteiger partial charge in [-0.05, 0) is 44.2 Å². The van der Waals surface area contributed by atoms with Gasteiger partial charge in [-0.1, -0.05) is 34.1 Å². The molecule has 1 aromatic rings. The molecule has 3 heteroatoms. The molecule has 2 heterocycles. The van der Waals surface area contributed by atoms with Crippen LogP contribution in [0.5, 0.6) is 0 Å². The molecule has 2 aliphatic heterocycles. The SMILES string of the molecule is Cc1ccccc1C(=O)N1C2CCC1CC(Br)C2. The number of nitrogens with zero attached hydrogens (tertiary/aromatic N) is 1. The van der Waals surface area contributed by atoms with Gasteiger partial charge >= 0.3 is 0 Å². The second kappa shape index (κ2) is 4.69. The van der Waals surface area contributed by atoms with Crippen molar-refractivity contribution in [2.24, 2.45) is 0 Å². The van der Waals surface area contributed by atoms with Crippen molar-refractivity contribution in [3.63, 3.8) is 0 Å². The number of benzene rings is 1. The van der Waals surface area contributed by atoms with Gasteiger partial charge in [0.2, 0.25) is 0 Å². The monoisotopic (exact) mass is 307 g/mol. The van der Waals surface area contributed by atoms with Crippen molar-refractivity contribution in [3.8, 4) is 0 Å². The van der Waals surface area contributed by atoms with Gasteiger partial charge in [-0.15, -0.1) is 0 Å². The Labute approximate surface area is 116 Å². The largest absolute Gasteiger partial charge is 0.333 e. The summed E-state index contributed by atoms with van der Waals surface area (Å²) in [7, 11) is 0. The molecule has 1 amide bonds. The number of piperidine rings is 1. The minimum Gasteiger partial charge on any atom is -0.333 e. The van der Waals surface area contributed by atoms with Crippen molar-refractivity contribution in [1.82, 2.24) is 4.90 Å². The molecule has 0 aliphatic carbocycles. The molecule has 0 spiro atoms. The highest BCUT2D eigenvalue weighted by Gasteiger charge is 2.42. The summed E-state index contributed by atoms with van der Waals surface area (Å²) in [5.41, 5.74) is 1.96. The molecular weight excluding hydrogens is 290 g/mol. The van der Waals surface area contributed by atoms with Crippen LogP contribution in [0, 0.1) is 6.92 Å². The molecule has 0 aromatic heterocycles. The summed E-state index contributed by atoms with van der Waals surface area (Å²) >= 11 is 3.72. The number of carbonyl (C=O) groups excluding carboxylic acids is 1. The number of hydrogen-bond acceptors (Lipinski definition) is 1. The smallest absolute Gasteiger partial charge is 0.254 e. The van der Waals surface area contributed by atoms with Gasteiger partial charge in [-0.25, -0.2) is 0 Å². The molecule has 2 unspecified atom stereocenters. The average molecular weight is 308 g/mol. The highest BCUT2D eigenvalue weighted by molar-refractivity contribution is 9.09. The topological polar surface area (TPSA) is 20.3 Å². The van der Waals surface area contributed by atoms with E-state index in [0.717, 1.165) is 24.0 Å². The fourth-order valence-corrected chi connectivity index (χ4v) is 4.26. The third kappa shape index (κ3) is 1.99. The molecule has 0 N–H and O–H groups in total. The molecule has 2 aliphatic rings. The Kier molecular flexibility index (Phi) is 3.18. The Hall–Kier alpha value is -0.830. The van der Waals surface area contributed by atoms with Gasteiger partial charge in [0.1, 0.15) is 0 Å². The van der Waals surface area contributed by atoms with Crippen LogP contribution in [0.15, 0.2) is 24.3 Å². The zero-order valence-electron chi connectivity index (χ0n) is 10.6. The Bertz CT molecular complexity index is 459. The van der Waals surface area contributed by atoms with E-state index in [0.29, 0.717) is 16.9 Å². The average Bonchev–Trinajstić information content (AvgIpc) is 2.61. The lowest BCUT2D eigenvalue weighted by Gasteiger charge is -2.37. The molecule has 0 saturated carbocycles. The summed E-state index contributed by atoms with van der Waals surface area (Å²) < 4.78 is 0. The molecule has 2 fully saturated rings. The van der Waals surface area contributed by atoms with Gasteiger partial charge in [0, 0.05) is 22.5 Å². The van der Waals surface area contributed by atoms with E-state index < -0.39 is 0 Å². The Morgan fingerprint density at radius 2 is 1.83 bits per heavy atom. The summed E-state index contributed by atoms with van der Waals surface area (Å²) in [6, 6.07) is 8.81. The van der Waals surface area contributed by atoms with Crippen LogP contribution in [0.25, 0.3) is 0 Å². The molecule has 2 nitrogen and oxygen atoms in total. The van der Waals surface area contributed by atoms with Gasteiger partial charge in [0.25, 0.3) is 5.91 Å². The van der Waals surface area contributed by atoms with Crippen molar-refractivity contribution in [2.45, 2.75) is 49.5 Å². The summed E-state index contributed by atoms with van der Waals surface area (Å²) in [5.74, 6) is 0.236. The quantitative estimate of drug-likeness (QED) is 0.727. The van der Waals surface area contributed by atoms with E-state index in [1.165, 1.54) is 12.8 Å². The molecule has 3 rings (SSSR count). The zero-order valence-corrected chi connectivity index (χ0v) is 12.2. The summed E-state index contributed by atoms with van der Waals surface area (Å²) in [6.45, 7) is 2.02. The summed E-state index contributed by atoms with van der Waals surface area (Å²) in [4.78, 5) is 15.4. The number of aryl methyl sites for hydroxylation is 1. The van der Waals surface area contributed by atoms with Crippen LogP contribution < -0.4 is 0 Å². The fourth-order valence-electron chi connectivity index (χ4n) is 3.39. The maximum Gasteiger partial charge on any atom is 0.254 e. The minimum atomic E-state index is 0.236. The van der Waals surface area contributed by atoms with Crippen LogP contribution in [0.1, 0.15) is 41.6 Å². The van der Waals surface area contributed by atoms with E-state index in [4.69, 9.17) is 0 Å². The zero-order chi connectivity index (χ0) is 12.7. The van der Waals surface area contributed by atoms with E-state index in [1.807, 2.05) is 31.2 Å². The van der Waals surface area contributed by atoms with Crippen molar-refractivity contribution in [3.05, 3.63) is 35.4 Å². The molecular formula is C15H18BrNO. The lowest BCUT2D eigenvalue weighted by Crippen LogP contribution is -2.47. The van der Waals surface area contributed by atoms with Crippen LogP contribution >= 0.6 is 15.9 Å². The van der Waals surface area contributed by atoms with Crippen LogP contribution in [-0.4, -0.2) is 27.7 Å². The van der Waals surface area contributed by atoms with Gasteiger partial charge in [-0.2, -0.15) is 0 Å². The van der Waals surface area contributed by atoms with Crippen molar-refractivity contribution >= 4 is 21.8 Å². The molecule has 18 heavy (non-hydrogen) atoms. The van der Waals surface area contributed by atoms with Crippen LogP contribution in [-0.2, 0) is 0 Å². The number of halogens is 1. The van der Waals surface area contributed by atoms with Crippen molar-refractivity contribution < 1.29 is 4.79 Å². The maximum absolute atomic E-state index is 12.7. The molecule has 0 radical (unpaired) electrons. The highest BCUT2D eigenvalue weighted by Crippen LogP contribution is 2.39. The van der Waals surface area contributed by atoms with E-state index in [1.54, 1.807) is 0 Å². The Balaban J connectivity index is 1.88. The number of carbonyl (C=O) groups is 1. The van der Waals surface area contributed by atoms with Crippen LogP contribution in [0.3, 0.4) is 0 Å². The molecule has 2 atom stereocenters. The van der Waals surface area contributed by atoms with Crippen LogP contribution in [0.4, 0.5) is 0 Å². The first-order valence-corrected chi connectivity index (χ1v) is 7.60. The lowest BCUT2D eigenvalue weighted by molar-refractivity contribution is 0.0603. The standard InChI is InChI=1S/C15H18BrNO/c1-10-4-2-3-5-14(10)15(18)17-12-6-7-13(17)9-11(16)8-12/h2-5,11-13H,6-9H2,1H3. The van der Waals surface area contributed by atoms with Crippen LogP contribution in [0.2, 0.25) is 0 Å². The third-order valence-electron chi connectivity index (χ3n) is 4.29. The van der Waals surface area contributed by atoms with Gasteiger partial charge in [-0.3, -0.25) is 4.79 Å². The normalized spacial score (nSPS) is 30.6. The molecule has 2 bridgehead atoms. The summed E-state index contributed by atoms with van der Waals surface area (Å²) in [5, 5.41) is 0. The third-order valence-corrected chi connectivity index (χ3v) is 5.03. The molecule has 96 valence electrons. The number of alkyl halides is 1. The van der Waals surface area contributed by atoms with E-state index >= 15 is 0 Å². The Morgan fingerprint density at radius 1 is 1.22 bits per heavy atom. The number of amides is 1. The second-order valence-corrected chi connectivity index (χ2v) is 6.78. The summed E-state index contributed by atoms with van der Waals surface area (Å²) in [6.07, 6.45) is 4.55. The second-order valence-electron chi connectivity index (χ2n) is 5.48. The first-order chi connectivity index (χ1) is 8.66. The fraction of sp³-hybridized carbons (Fsp3) is 0.533. The van der Waals surface area contributed by atoms with Crippen molar-refractivity contribution in [2.75, 3.05) is 0 Å². The predicted molar refractivity (Wildman–Crippen MR) is 76.1 cm³/mol. The predicted octanol–water partition coefficient (Wildman–Crippen LogP) is 3.53. The first kappa shape index (κ1) is 12.2. The van der Waals surface area contributed by atoms with Crippen molar-refractivity contribution in [1.29, 1.82) is 0 Å². The number of hydrogen-bond donors (Lipinski definition) is 0. The molecule has 1 aromatic carbocycles. The number of rotatable bonds is 1. The molecule has 2 saturated heterocycles. The van der Waals surface area contributed by atoms with E-state index in [9.17, 15) is 4.79 Å². The number of fused-ring (bicyclic) bond motifs is 2. The minimum absolute atomic E-state index is 0.236. The first-order valence-electron chi connectivity index (χ1n) is 6.69.